The van der Waals surface area contributed by atoms with Gasteiger partial charge in [-0.25, -0.2) is 0 Å². The summed E-state index contributed by atoms with van der Waals surface area (Å²) >= 11 is 0. The third kappa shape index (κ3) is 3.21. The topological polar surface area (TPSA) is 50.5 Å². The summed E-state index contributed by atoms with van der Waals surface area (Å²) in [7, 11) is 0. The van der Waals surface area contributed by atoms with Crippen molar-refractivity contribution in [3.05, 3.63) is 18.0 Å². The summed E-state index contributed by atoms with van der Waals surface area (Å²) < 4.78 is 7.67. The minimum Gasteiger partial charge on any atom is -0.390 e. The maximum Gasteiger partial charge on any atom is 0.0764 e. The largest absolute Gasteiger partial charge is 0.390 e. The number of hydrogen-bond donors (Lipinski definition) is 1. The van der Waals surface area contributed by atoms with Crippen LogP contribution in [-0.2, 0) is 11.3 Å². The zero-order chi connectivity index (χ0) is 15.7. The fourth-order valence-electron chi connectivity index (χ4n) is 3.84. The fraction of sp³-hybridized carbons (Fsp3) is 0.824. The Labute approximate surface area is 133 Å². The first-order chi connectivity index (χ1) is 10.5. The monoisotopic (exact) mass is 307 g/mol. The van der Waals surface area contributed by atoms with E-state index in [2.05, 4.69) is 36.1 Å². The van der Waals surface area contributed by atoms with Gasteiger partial charge in [-0.15, -0.1) is 0 Å². The van der Waals surface area contributed by atoms with E-state index >= 15 is 0 Å². The lowest BCUT2D eigenvalue weighted by Crippen LogP contribution is -2.52. The van der Waals surface area contributed by atoms with E-state index in [1.165, 1.54) is 6.42 Å². The van der Waals surface area contributed by atoms with Crippen LogP contribution < -0.4 is 0 Å². The van der Waals surface area contributed by atoms with E-state index in [-0.39, 0.29) is 5.92 Å². The number of likely N-dealkylation sites (tertiary alicyclic amines) is 1. The van der Waals surface area contributed by atoms with Gasteiger partial charge in [0, 0.05) is 37.4 Å². The molecule has 2 fully saturated rings. The van der Waals surface area contributed by atoms with Crippen LogP contribution in [0.15, 0.2) is 12.3 Å². The first-order valence-electron chi connectivity index (χ1n) is 8.55. The summed E-state index contributed by atoms with van der Waals surface area (Å²) in [6.45, 7) is 9.58. The Balaban J connectivity index is 1.69. The second kappa shape index (κ2) is 6.30. The van der Waals surface area contributed by atoms with E-state index in [0.717, 1.165) is 31.6 Å². The van der Waals surface area contributed by atoms with Crippen molar-refractivity contribution in [2.75, 3.05) is 19.8 Å². The Morgan fingerprint density at radius 2 is 2.32 bits per heavy atom. The molecule has 0 saturated carbocycles. The zero-order valence-corrected chi connectivity index (χ0v) is 14.0. The van der Waals surface area contributed by atoms with Crippen molar-refractivity contribution >= 4 is 0 Å². The van der Waals surface area contributed by atoms with Gasteiger partial charge in [-0.05, 0) is 52.6 Å². The first-order valence-corrected chi connectivity index (χ1v) is 8.55. The van der Waals surface area contributed by atoms with E-state index in [1.807, 2.05) is 11.6 Å². The zero-order valence-electron chi connectivity index (χ0n) is 14.0. The van der Waals surface area contributed by atoms with Crippen molar-refractivity contribution in [3.63, 3.8) is 0 Å². The van der Waals surface area contributed by atoms with Crippen LogP contribution in [-0.4, -0.2) is 51.2 Å². The fourth-order valence-corrected chi connectivity index (χ4v) is 3.84. The molecule has 0 aliphatic carbocycles. The average molecular weight is 307 g/mol. The maximum absolute atomic E-state index is 10.7. The molecule has 124 valence electrons. The van der Waals surface area contributed by atoms with Gasteiger partial charge in [-0.3, -0.25) is 9.58 Å². The Morgan fingerprint density at radius 1 is 1.50 bits per heavy atom. The number of aromatic nitrogens is 2. The van der Waals surface area contributed by atoms with Gasteiger partial charge in [0.05, 0.1) is 17.9 Å². The second-order valence-corrected chi connectivity index (χ2v) is 7.35. The van der Waals surface area contributed by atoms with E-state index in [4.69, 9.17) is 4.74 Å². The third-order valence-corrected chi connectivity index (χ3v) is 5.29. The molecular weight excluding hydrogens is 278 g/mol. The lowest BCUT2D eigenvalue weighted by atomic mass is 9.79. The Morgan fingerprint density at radius 3 is 3.00 bits per heavy atom. The van der Waals surface area contributed by atoms with E-state index in [0.29, 0.717) is 25.3 Å². The molecule has 0 aromatic carbocycles. The van der Waals surface area contributed by atoms with Crippen LogP contribution in [0.5, 0.6) is 0 Å². The molecular formula is C17H29N3O2. The number of aliphatic hydroxyl groups is 1. The molecule has 3 atom stereocenters. The van der Waals surface area contributed by atoms with E-state index in [9.17, 15) is 5.11 Å². The van der Waals surface area contributed by atoms with Crippen LogP contribution in [0.25, 0.3) is 0 Å². The van der Waals surface area contributed by atoms with E-state index in [1.54, 1.807) is 0 Å². The number of ether oxygens (including phenoxy) is 1. The van der Waals surface area contributed by atoms with Crippen molar-refractivity contribution < 1.29 is 9.84 Å². The van der Waals surface area contributed by atoms with Crippen LogP contribution >= 0.6 is 0 Å². The molecule has 2 aliphatic heterocycles. The smallest absolute Gasteiger partial charge is 0.0764 e. The molecule has 0 unspecified atom stereocenters. The van der Waals surface area contributed by atoms with Crippen molar-refractivity contribution in [2.45, 2.75) is 64.3 Å². The second-order valence-electron chi connectivity index (χ2n) is 7.35. The summed E-state index contributed by atoms with van der Waals surface area (Å²) in [6.07, 6.45) is 5.14. The predicted octanol–water partition coefficient (Wildman–Crippen LogP) is 2.22. The van der Waals surface area contributed by atoms with Crippen molar-refractivity contribution in [1.29, 1.82) is 0 Å². The number of nitrogens with zero attached hydrogens (tertiary/aromatic N) is 3. The highest BCUT2D eigenvalue weighted by atomic mass is 16.5. The standard InChI is InChI=1S/C17H29N3O2/c1-13(2)20-9-6-14(18-20)11-19-8-4-5-16(19)15-12-22-10-7-17(15,3)21/h6,9,13,15-16,21H,4-5,7-8,10-12H2,1-3H3/t15-,16+,17+/m0/s1. The summed E-state index contributed by atoms with van der Waals surface area (Å²) in [5.41, 5.74) is 0.514. The molecule has 5 nitrogen and oxygen atoms in total. The third-order valence-electron chi connectivity index (χ3n) is 5.29. The van der Waals surface area contributed by atoms with Gasteiger partial charge < -0.3 is 9.84 Å². The molecule has 0 spiro atoms. The highest BCUT2D eigenvalue weighted by Gasteiger charge is 2.44. The Kier molecular flexibility index (Phi) is 4.57. The Bertz CT molecular complexity index is 498. The molecule has 0 amide bonds. The average Bonchev–Trinajstić information content (AvgIpc) is 3.08. The van der Waals surface area contributed by atoms with Crippen LogP contribution in [0.4, 0.5) is 0 Å². The summed E-state index contributed by atoms with van der Waals surface area (Å²) in [6, 6.07) is 2.92. The lowest BCUT2D eigenvalue weighted by Gasteiger charge is -2.43. The van der Waals surface area contributed by atoms with Gasteiger partial charge in [-0.2, -0.15) is 5.10 Å². The van der Waals surface area contributed by atoms with Gasteiger partial charge in [0.15, 0.2) is 0 Å². The maximum atomic E-state index is 10.7. The molecule has 0 radical (unpaired) electrons. The molecule has 2 saturated heterocycles. The summed E-state index contributed by atoms with van der Waals surface area (Å²) in [5, 5.41) is 15.4. The highest BCUT2D eigenvalue weighted by molar-refractivity contribution is 5.03. The van der Waals surface area contributed by atoms with Crippen LogP contribution in [0.1, 0.15) is 51.8 Å². The van der Waals surface area contributed by atoms with Crippen LogP contribution in [0.3, 0.4) is 0 Å². The lowest BCUT2D eigenvalue weighted by molar-refractivity contribution is -0.123. The molecule has 5 heteroatoms. The van der Waals surface area contributed by atoms with Gasteiger partial charge in [-0.1, -0.05) is 0 Å². The summed E-state index contributed by atoms with van der Waals surface area (Å²) in [4.78, 5) is 2.49. The molecule has 1 aromatic heterocycles. The molecule has 2 aliphatic rings. The quantitative estimate of drug-likeness (QED) is 0.926. The minimum atomic E-state index is -0.608. The normalized spacial score (nSPS) is 33.7. The van der Waals surface area contributed by atoms with Crippen LogP contribution in [0, 0.1) is 5.92 Å². The number of hydrogen-bond acceptors (Lipinski definition) is 4. The Hall–Kier alpha value is -0.910. The molecule has 3 rings (SSSR count). The summed E-state index contributed by atoms with van der Waals surface area (Å²) in [5.74, 6) is 0.205. The van der Waals surface area contributed by atoms with Crippen molar-refractivity contribution in [1.82, 2.24) is 14.7 Å². The van der Waals surface area contributed by atoms with Crippen LogP contribution in [0.2, 0.25) is 0 Å². The van der Waals surface area contributed by atoms with Crippen molar-refractivity contribution in [2.24, 2.45) is 5.92 Å². The number of rotatable bonds is 4. The van der Waals surface area contributed by atoms with Crippen molar-refractivity contribution in [3.8, 4) is 0 Å². The molecule has 3 heterocycles. The molecule has 0 bridgehead atoms. The van der Waals surface area contributed by atoms with Gasteiger partial charge in [0.2, 0.25) is 0 Å². The molecule has 22 heavy (non-hydrogen) atoms. The molecule has 1 N–H and O–H groups in total. The SMILES string of the molecule is CC(C)n1ccc(CN2CCC[C@@H]2[C@@H]2COCC[C@@]2(C)O)n1. The highest BCUT2D eigenvalue weighted by Crippen LogP contribution is 2.36. The van der Waals surface area contributed by atoms with E-state index < -0.39 is 5.60 Å². The van der Waals surface area contributed by atoms with Gasteiger partial charge >= 0.3 is 0 Å². The van der Waals surface area contributed by atoms with Gasteiger partial charge in [0.25, 0.3) is 0 Å². The first kappa shape index (κ1) is 16.0. The predicted molar refractivity (Wildman–Crippen MR) is 85.6 cm³/mol. The van der Waals surface area contributed by atoms with Gasteiger partial charge in [0.1, 0.15) is 0 Å². The minimum absolute atomic E-state index is 0.205. The molecule has 1 aromatic rings.